The van der Waals surface area contributed by atoms with Gasteiger partial charge in [0.2, 0.25) is 0 Å². The largest absolute Gasteiger partial charge is 0.346 e. The minimum atomic E-state index is -0.0774. The summed E-state index contributed by atoms with van der Waals surface area (Å²) in [5.41, 5.74) is 0.453. The van der Waals surface area contributed by atoms with Crippen LogP contribution in [-0.2, 0) is 0 Å². The number of hydrogen-bond donors (Lipinski definition) is 1. The summed E-state index contributed by atoms with van der Waals surface area (Å²) in [5.74, 6) is 0.435. The Hall–Kier alpha value is -1.43. The van der Waals surface area contributed by atoms with E-state index in [4.69, 9.17) is 0 Å². The number of amides is 1. The number of likely N-dealkylation sites (tertiary alicyclic amines) is 1. The second-order valence-electron chi connectivity index (χ2n) is 6.56. The zero-order valence-corrected chi connectivity index (χ0v) is 11.8. The Bertz CT molecular complexity index is 519. The maximum atomic E-state index is 12.2. The van der Waals surface area contributed by atoms with Gasteiger partial charge in [-0.1, -0.05) is 12.1 Å². The first-order valence-corrected chi connectivity index (χ1v) is 7.67. The minimum Gasteiger partial charge on any atom is -0.346 e. The molecular weight excluding hydrogens is 254 g/mol. The molecule has 1 aromatic rings. The highest BCUT2D eigenvalue weighted by molar-refractivity contribution is 5.92. The molecule has 20 heavy (non-hydrogen) atoms. The van der Waals surface area contributed by atoms with Crippen LogP contribution in [0, 0.1) is 5.92 Å². The molecule has 4 rings (SSSR count). The SMILES string of the molecule is C[C@H]1CN(C2CC2)C[C@@H]1NC(=O)c1cn(C2CC2)nn1. The van der Waals surface area contributed by atoms with Gasteiger partial charge in [-0.15, -0.1) is 5.10 Å². The van der Waals surface area contributed by atoms with Crippen LogP contribution in [0.2, 0.25) is 0 Å². The fraction of sp³-hybridized carbons (Fsp3) is 0.786. The van der Waals surface area contributed by atoms with Crippen molar-refractivity contribution in [1.82, 2.24) is 25.2 Å². The smallest absolute Gasteiger partial charge is 0.273 e. The zero-order valence-electron chi connectivity index (χ0n) is 11.8. The molecule has 2 heterocycles. The molecule has 1 aliphatic heterocycles. The molecule has 1 aromatic heterocycles. The molecule has 2 saturated carbocycles. The van der Waals surface area contributed by atoms with Gasteiger partial charge in [0.1, 0.15) is 0 Å². The van der Waals surface area contributed by atoms with Crippen LogP contribution >= 0.6 is 0 Å². The van der Waals surface area contributed by atoms with Crippen LogP contribution in [0.3, 0.4) is 0 Å². The van der Waals surface area contributed by atoms with Crippen molar-refractivity contribution in [2.75, 3.05) is 13.1 Å². The van der Waals surface area contributed by atoms with Crippen molar-refractivity contribution >= 4 is 5.91 Å². The lowest BCUT2D eigenvalue weighted by atomic mass is 10.1. The Morgan fingerprint density at radius 3 is 2.70 bits per heavy atom. The van der Waals surface area contributed by atoms with Crippen LogP contribution < -0.4 is 5.32 Å². The fourth-order valence-corrected chi connectivity index (χ4v) is 3.07. The van der Waals surface area contributed by atoms with Crippen molar-refractivity contribution < 1.29 is 4.79 Å². The van der Waals surface area contributed by atoms with E-state index in [1.165, 1.54) is 12.8 Å². The monoisotopic (exact) mass is 275 g/mol. The molecule has 108 valence electrons. The van der Waals surface area contributed by atoms with E-state index in [-0.39, 0.29) is 11.9 Å². The number of nitrogens with one attached hydrogen (secondary N) is 1. The summed E-state index contributed by atoms with van der Waals surface area (Å²) in [6.45, 7) is 4.30. The van der Waals surface area contributed by atoms with Crippen molar-refractivity contribution in [3.05, 3.63) is 11.9 Å². The standard InChI is InChI=1S/C14H21N5O/c1-9-6-18(10-2-3-10)7-12(9)15-14(20)13-8-19(17-16-13)11-4-5-11/h8-12H,2-7H2,1H3,(H,15,20)/t9-,12-/m0/s1. The molecule has 3 fully saturated rings. The average molecular weight is 275 g/mol. The Labute approximate surface area is 118 Å². The van der Waals surface area contributed by atoms with Gasteiger partial charge in [0, 0.05) is 25.2 Å². The zero-order chi connectivity index (χ0) is 13.7. The van der Waals surface area contributed by atoms with E-state index in [1.54, 1.807) is 6.20 Å². The summed E-state index contributed by atoms with van der Waals surface area (Å²) in [7, 11) is 0. The van der Waals surface area contributed by atoms with Crippen molar-refractivity contribution in [1.29, 1.82) is 0 Å². The third kappa shape index (κ3) is 2.32. The third-order valence-electron chi connectivity index (χ3n) is 4.68. The highest BCUT2D eigenvalue weighted by atomic mass is 16.2. The molecule has 2 aliphatic carbocycles. The van der Waals surface area contributed by atoms with E-state index in [0.717, 1.165) is 32.0 Å². The molecule has 0 bridgehead atoms. The van der Waals surface area contributed by atoms with Crippen LogP contribution in [0.25, 0.3) is 0 Å². The summed E-state index contributed by atoms with van der Waals surface area (Å²) in [6, 6.07) is 1.49. The van der Waals surface area contributed by atoms with Gasteiger partial charge in [0.05, 0.1) is 12.2 Å². The number of carbonyl (C=O) groups is 1. The van der Waals surface area contributed by atoms with E-state index in [1.807, 2.05) is 4.68 Å². The first-order chi connectivity index (χ1) is 9.70. The molecule has 6 nitrogen and oxygen atoms in total. The van der Waals surface area contributed by atoms with Gasteiger partial charge in [-0.25, -0.2) is 4.68 Å². The molecule has 3 aliphatic rings. The topological polar surface area (TPSA) is 63.1 Å². The number of nitrogens with zero attached hydrogens (tertiary/aromatic N) is 4. The van der Waals surface area contributed by atoms with Crippen LogP contribution in [0.15, 0.2) is 6.20 Å². The van der Waals surface area contributed by atoms with Crippen LogP contribution in [-0.4, -0.2) is 51.0 Å². The number of aromatic nitrogens is 3. The molecule has 6 heteroatoms. The molecule has 0 radical (unpaired) electrons. The highest BCUT2D eigenvalue weighted by Gasteiger charge is 2.39. The predicted octanol–water partition coefficient (Wildman–Crippen LogP) is 0.825. The first-order valence-electron chi connectivity index (χ1n) is 7.67. The molecule has 1 saturated heterocycles. The third-order valence-corrected chi connectivity index (χ3v) is 4.68. The maximum Gasteiger partial charge on any atom is 0.273 e. The summed E-state index contributed by atoms with van der Waals surface area (Å²) in [4.78, 5) is 14.8. The second kappa shape index (κ2) is 4.55. The quantitative estimate of drug-likeness (QED) is 0.884. The normalized spacial score (nSPS) is 30.6. The van der Waals surface area contributed by atoms with E-state index in [9.17, 15) is 4.79 Å². The lowest BCUT2D eigenvalue weighted by molar-refractivity contribution is 0.0926. The van der Waals surface area contributed by atoms with Gasteiger partial charge in [-0.3, -0.25) is 9.69 Å². The molecule has 2 atom stereocenters. The Balaban J connectivity index is 1.38. The lowest BCUT2D eigenvalue weighted by Crippen LogP contribution is -2.40. The van der Waals surface area contributed by atoms with Gasteiger partial charge in [0.25, 0.3) is 5.91 Å². The number of hydrogen-bond acceptors (Lipinski definition) is 4. The Morgan fingerprint density at radius 2 is 2.00 bits per heavy atom. The van der Waals surface area contributed by atoms with Crippen molar-refractivity contribution in [3.63, 3.8) is 0 Å². The number of carbonyl (C=O) groups excluding carboxylic acids is 1. The van der Waals surface area contributed by atoms with E-state index >= 15 is 0 Å². The second-order valence-corrected chi connectivity index (χ2v) is 6.56. The van der Waals surface area contributed by atoms with Crippen molar-refractivity contribution in [3.8, 4) is 0 Å². The summed E-state index contributed by atoms with van der Waals surface area (Å²) < 4.78 is 1.82. The molecule has 0 aromatic carbocycles. The van der Waals surface area contributed by atoms with Gasteiger partial charge in [0.15, 0.2) is 5.69 Å². The summed E-state index contributed by atoms with van der Waals surface area (Å²) in [5, 5.41) is 11.2. The van der Waals surface area contributed by atoms with E-state index in [0.29, 0.717) is 17.7 Å². The molecular formula is C14H21N5O. The Kier molecular flexibility index (Phi) is 2.80. The molecule has 1 amide bonds. The predicted molar refractivity (Wildman–Crippen MR) is 73.3 cm³/mol. The van der Waals surface area contributed by atoms with Crippen molar-refractivity contribution in [2.24, 2.45) is 5.92 Å². The van der Waals surface area contributed by atoms with Crippen LogP contribution in [0.1, 0.15) is 49.1 Å². The van der Waals surface area contributed by atoms with Gasteiger partial charge in [-0.05, 0) is 31.6 Å². The van der Waals surface area contributed by atoms with E-state index < -0.39 is 0 Å². The van der Waals surface area contributed by atoms with Gasteiger partial charge >= 0.3 is 0 Å². The number of rotatable bonds is 4. The van der Waals surface area contributed by atoms with E-state index in [2.05, 4.69) is 27.5 Å². The van der Waals surface area contributed by atoms with Crippen molar-refractivity contribution in [2.45, 2.75) is 50.7 Å². The van der Waals surface area contributed by atoms with Gasteiger partial charge in [-0.2, -0.15) is 0 Å². The summed E-state index contributed by atoms with van der Waals surface area (Å²) >= 11 is 0. The Morgan fingerprint density at radius 1 is 1.25 bits per heavy atom. The van der Waals surface area contributed by atoms with Crippen LogP contribution in [0.5, 0.6) is 0 Å². The summed E-state index contributed by atoms with van der Waals surface area (Å²) in [6.07, 6.45) is 6.73. The average Bonchev–Trinajstić information content (AvgIpc) is 3.36. The molecule has 0 spiro atoms. The maximum absolute atomic E-state index is 12.2. The highest BCUT2D eigenvalue weighted by Crippen LogP contribution is 2.34. The lowest BCUT2D eigenvalue weighted by Gasteiger charge is -2.16. The van der Waals surface area contributed by atoms with Crippen LogP contribution in [0.4, 0.5) is 0 Å². The molecule has 0 unspecified atom stereocenters. The fourth-order valence-electron chi connectivity index (χ4n) is 3.07. The van der Waals surface area contributed by atoms with Gasteiger partial charge < -0.3 is 5.32 Å². The minimum absolute atomic E-state index is 0.0774. The first kappa shape index (κ1) is 12.3. The molecule has 1 N–H and O–H groups in total.